The Hall–Kier alpha value is -3.15. The molecule has 0 aromatic carbocycles. The van der Waals surface area contributed by atoms with Crippen LogP contribution in [0.4, 0.5) is 5.82 Å². The van der Waals surface area contributed by atoms with Crippen molar-refractivity contribution in [2.24, 2.45) is 5.92 Å². The molecule has 0 unspecified atom stereocenters. The first-order valence-electron chi connectivity index (χ1n) is 11.6. The fraction of sp³-hybridized carbons (Fsp3) is 0.609. The number of hydrogen-bond donors (Lipinski definition) is 4. The van der Waals surface area contributed by atoms with Crippen molar-refractivity contribution in [3.8, 4) is 6.07 Å². The maximum absolute atomic E-state index is 12.1. The highest BCUT2D eigenvalue weighted by Gasteiger charge is 2.56. The van der Waals surface area contributed by atoms with Gasteiger partial charge in [-0.25, -0.2) is 9.50 Å². The predicted molar refractivity (Wildman–Crippen MR) is 125 cm³/mol. The molecule has 3 rings (SSSR count). The lowest BCUT2D eigenvalue weighted by atomic mass is 9.96. The summed E-state index contributed by atoms with van der Waals surface area (Å²) in [6.07, 6.45) is -3.21. The molecule has 196 valence electrons. The highest BCUT2D eigenvalue weighted by Crippen LogP contribution is 2.40. The number of aliphatic hydroxyl groups is 2. The van der Waals surface area contributed by atoms with E-state index >= 15 is 0 Å². The van der Waals surface area contributed by atoms with Crippen molar-refractivity contribution in [2.45, 2.75) is 70.7 Å². The Morgan fingerprint density at radius 3 is 2.64 bits per heavy atom. The summed E-state index contributed by atoms with van der Waals surface area (Å²) in [6.45, 7) is 8.06. The average Bonchev–Trinajstić information content (AvgIpc) is 3.36. The van der Waals surface area contributed by atoms with Crippen molar-refractivity contribution in [1.29, 1.82) is 5.26 Å². The molecule has 36 heavy (non-hydrogen) atoms. The van der Waals surface area contributed by atoms with Gasteiger partial charge in [-0.05, 0) is 32.9 Å². The molecule has 3 heterocycles. The molecule has 4 N–H and O–H groups in total. The number of fused-ring (bicyclic) bond motifs is 1. The van der Waals surface area contributed by atoms with Crippen LogP contribution in [-0.4, -0.2) is 80.0 Å². The van der Waals surface area contributed by atoms with E-state index in [1.54, 1.807) is 46.8 Å². The Labute approximate surface area is 208 Å². The van der Waals surface area contributed by atoms with E-state index in [0.717, 1.165) is 0 Å². The SMILES string of the molecule is CC(C)OC(=O)[C@H](C)NCOC[C@@]1(C#N)O[C@@H](c2ccc3c(NC(=O)C(C)C)ncnn23)[C@H](O)[C@@H]1O. The van der Waals surface area contributed by atoms with Gasteiger partial charge in [-0.2, -0.15) is 10.4 Å². The molecule has 1 aliphatic heterocycles. The van der Waals surface area contributed by atoms with Gasteiger partial charge in [0.2, 0.25) is 11.5 Å². The number of nitriles is 1. The minimum atomic E-state index is -1.88. The molecule has 0 radical (unpaired) electrons. The van der Waals surface area contributed by atoms with Gasteiger partial charge in [0.15, 0.2) is 5.82 Å². The van der Waals surface area contributed by atoms with Crippen molar-refractivity contribution >= 4 is 23.2 Å². The molecule has 13 heteroatoms. The van der Waals surface area contributed by atoms with Crippen LogP contribution in [0.15, 0.2) is 18.5 Å². The standard InChI is InChI=1S/C23H32N6O7/c1-12(2)21(32)28-20-16-7-6-15(29(16)27-10-25-20)18-17(30)19(31)23(8-24,36-18)9-34-11-26-14(5)22(33)35-13(3)4/h6-7,10,12-14,17-19,26,30-31H,9,11H2,1-5H3,(H,25,27,28,32)/t14-,17-,18-,19-,23+/m0/s1. The normalized spacial score (nSPS) is 24.7. The zero-order valence-corrected chi connectivity index (χ0v) is 20.8. The number of rotatable bonds is 10. The summed E-state index contributed by atoms with van der Waals surface area (Å²) >= 11 is 0. The number of hydrogen-bond acceptors (Lipinski definition) is 11. The van der Waals surface area contributed by atoms with Crippen LogP contribution in [0, 0.1) is 17.2 Å². The number of amides is 1. The fourth-order valence-electron chi connectivity index (χ4n) is 3.62. The largest absolute Gasteiger partial charge is 0.462 e. The van der Waals surface area contributed by atoms with Crippen molar-refractivity contribution in [1.82, 2.24) is 19.9 Å². The summed E-state index contributed by atoms with van der Waals surface area (Å²) in [5, 5.41) is 41.0. The van der Waals surface area contributed by atoms with Gasteiger partial charge in [0.25, 0.3) is 0 Å². The maximum Gasteiger partial charge on any atom is 0.323 e. The van der Waals surface area contributed by atoms with E-state index in [1.165, 1.54) is 10.8 Å². The van der Waals surface area contributed by atoms with Crippen LogP contribution < -0.4 is 10.6 Å². The number of esters is 1. The van der Waals surface area contributed by atoms with Gasteiger partial charge in [-0.3, -0.25) is 14.9 Å². The van der Waals surface area contributed by atoms with Crippen LogP contribution in [0.5, 0.6) is 0 Å². The molecule has 1 fully saturated rings. The first-order valence-corrected chi connectivity index (χ1v) is 11.6. The van der Waals surface area contributed by atoms with Gasteiger partial charge in [-0.15, -0.1) is 0 Å². The molecule has 1 aliphatic rings. The highest BCUT2D eigenvalue weighted by atomic mass is 16.6. The van der Waals surface area contributed by atoms with Gasteiger partial charge in [-0.1, -0.05) is 13.8 Å². The summed E-state index contributed by atoms with van der Waals surface area (Å²) in [7, 11) is 0. The Morgan fingerprint density at radius 1 is 1.28 bits per heavy atom. The van der Waals surface area contributed by atoms with Crippen LogP contribution in [0.2, 0.25) is 0 Å². The topological polar surface area (TPSA) is 180 Å². The monoisotopic (exact) mass is 504 g/mol. The molecule has 13 nitrogen and oxygen atoms in total. The van der Waals surface area contributed by atoms with Crippen molar-refractivity contribution in [2.75, 3.05) is 18.7 Å². The van der Waals surface area contributed by atoms with Gasteiger partial charge in [0, 0.05) is 5.92 Å². The lowest BCUT2D eigenvalue weighted by molar-refractivity contribution is -0.150. The van der Waals surface area contributed by atoms with Crippen molar-refractivity contribution < 1.29 is 34.0 Å². The van der Waals surface area contributed by atoms with E-state index in [0.29, 0.717) is 11.2 Å². The molecule has 1 amide bonds. The number of carbonyl (C=O) groups excluding carboxylic acids is 2. The van der Waals surface area contributed by atoms with E-state index in [2.05, 4.69) is 20.7 Å². The zero-order valence-electron chi connectivity index (χ0n) is 20.8. The second-order valence-electron chi connectivity index (χ2n) is 9.19. The molecule has 5 atom stereocenters. The lowest BCUT2D eigenvalue weighted by Crippen LogP contribution is -2.47. The summed E-state index contributed by atoms with van der Waals surface area (Å²) in [5.74, 6) is -0.678. The third-order valence-corrected chi connectivity index (χ3v) is 5.69. The first kappa shape index (κ1) is 27.4. The van der Waals surface area contributed by atoms with E-state index in [4.69, 9.17) is 14.2 Å². The average molecular weight is 505 g/mol. The Balaban J connectivity index is 1.72. The molecule has 0 saturated carbocycles. The molecule has 0 bridgehead atoms. The van der Waals surface area contributed by atoms with E-state index in [1.807, 2.05) is 6.07 Å². The third kappa shape index (κ3) is 5.63. The molecule has 1 saturated heterocycles. The third-order valence-electron chi connectivity index (χ3n) is 5.69. The van der Waals surface area contributed by atoms with E-state index < -0.39 is 35.9 Å². The second kappa shape index (κ2) is 11.3. The summed E-state index contributed by atoms with van der Waals surface area (Å²) in [5.41, 5.74) is -1.08. The molecule has 2 aromatic heterocycles. The molecule has 0 spiro atoms. The van der Waals surface area contributed by atoms with Crippen LogP contribution >= 0.6 is 0 Å². The Kier molecular flexibility index (Phi) is 8.59. The van der Waals surface area contributed by atoms with Gasteiger partial charge in [0.1, 0.15) is 42.3 Å². The predicted octanol–water partition coefficient (Wildman–Crippen LogP) is 0.283. The van der Waals surface area contributed by atoms with Gasteiger partial charge < -0.3 is 29.7 Å². The van der Waals surface area contributed by atoms with Crippen molar-refractivity contribution in [3.63, 3.8) is 0 Å². The van der Waals surface area contributed by atoms with E-state index in [9.17, 15) is 25.1 Å². The summed E-state index contributed by atoms with van der Waals surface area (Å²) in [6, 6.07) is 4.49. The molecule has 2 aromatic rings. The van der Waals surface area contributed by atoms with Crippen LogP contribution in [-0.2, 0) is 23.8 Å². The first-order chi connectivity index (χ1) is 17.0. The minimum absolute atomic E-state index is 0.130. The van der Waals surface area contributed by atoms with Crippen molar-refractivity contribution in [3.05, 3.63) is 24.2 Å². The van der Waals surface area contributed by atoms with Gasteiger partial charge in [0.05, 0.1) is 25.1 Å². The lowest BCUT2D eigenvalue weighted by Gasteiger charge is -2.24. The minimum Gasteiger partial charge on any atom is -0.462 e. The van der Waals surface area contributed by atoms with Crippen LogP contribution in [0.25, 0.3) is 5.52 Å². The van der Waals surface area contributed by atoms with Crippen LogP contribution in [0.1, 0.15) is 46.4 Å². The fourth-order valence-corrected chi connectivity index (χ4v) is 3.62. The van der Waals surface area contributed by atoms with Gasteiger partial charge >= 0.3 is 5.97 Å². The smallest absolute Gasteiger partial charge is 0.323 e. The molecule has 0 aliphatic carbocycles. The quantitative estimate of drug-likeness (QED) is 0.198. The molecular weight excluding hydrogens is 472 g/mol. The number of nitrogens with one attached hydrogen (secondary N) is 2. The zero-order chi connectivity index (χ0) is 26.6. The summed E-state index contributed by atoms with van der Waals surface area (Å²) in [4.78, 5) is 28.1. The highest BCUT2D eigenvalue weighted by molar-refractivity contribution is 5.94. The summed E-state index contributed by atoms with van der Waals surface area (Å²) < 4.78 is 17.9. The number of aromatic nitrogens is 3. The number of nitrogens with zero attached hydrogens (tertiary/aromatic N) is 4. The number of ether oxygens (including phenoxy) is 3. The second-order valence-corrected chi connectivity index (χ2v) is 9.19. The number of anilines is 1. The van der Waals surface area contributed by atoms with E-state index in [-0.39, 0.29) is 37.1 Å². The molecular formula is C23H32N6O7. The maximum atomic E-state index is 12.1. The Morgan fingerprint density at radius 2 is 2.00 bits per heavy atom. The number of carbonyl (C=O) groups is 2. The Bertz CT molecular complexity index is 1130. The number of aliphatic hydroxyl groups excluding tert-OH is 2. The van der Waals surface area contributed by atoms with Crippen LogP contribution in [0.3, 0.4) is 0 Å².